The molecule has 0 amide bonds. The van der Waals surface area contributed by atoms with Crippen LogP contribution in [0.3, 0.4) is 0 Å². The monoisotopic (exact) mass is 338 g/mol. The van der Waals surface area contributed by atoms with Crippen LogP contribution in [-0.4, -0.2) is 29.1 Å². The summed E-state index contributed by atoms with van der Waals surface area (Å²) in [6.45, 7) is 3.87. The van der Waals surface area contributed by atoms with E-state index in [0.29, 0.717) is 6.10 Å². The van der Waals surface area contributed by atoms with Gasteiger partial charge in [0.1, 0.15) is 5.01 Å². The normalized spacial score (nSPS) is 16.7. The Morgan fingerprint density at radius 3 is 2.54 bits per heavy atom. The van der Waals surface area contributed by atoms with Crippen molar-refractivity contribution in [1.82, 2.24) is 9.88 Å². The molecule has 0 spiro atoms. The quantitative estimate of drug-likeness (QED) is 0.686. The van der Waals surface area contributed by atoms with Crippen molar-refractivity contribution in [3.05, 3.63) is 65.2 Å². The summed E-state index contributed by atoms with van der Waals surface area (Å²) in [4.78, 5) is 7.25. The van der Waals surface area contributed by atoms with Gasteiger partial charge in [-0.25, -0.2) is 4.98 Å². The van der Waals surface area contributed by atoms with Crippen molar-refractivity contribution in [3.63, 3.8) is 0 Å². The Bertz CT molecular complexity index is 745. The van der Waals surface area contributed by atoms with Crippen LogP contribution in [0.4, 0.5) is 0 Å². The number of thiazole rings is 1. The zero-order chi connectivity index (χ0) is 16.2. The lowest BCUT2D eigenvalue weighted by atomic mass is 10.1. The molecule has 1 aromatic heterocycles. The van der Waals surface area contributed by atoms with E-state index < -0.39 is 0 Å². The molecular weight excluding hydrogens is 316 g/mol. The molecular formula is C20H22N2OS. The van der Waals surface area contributed by atoms with Crippen molar-refractivity contribution in [2.75, 3.05) is 13.1 Å². The van der Waals surface area contributed by atoms with E-state index in [4.69, 9.17) is 9.72 Å². The number of ether oxygens (including phenoxy) is 1. The number of aromatic nitrogens is 1. The maximum Gasteiger partial charge on any atom is 0.108 e. The van der Waals surface area contributed by atoms with Crippen molar-refractivity contribution in [2.24, 2.45) is 0 Å². The Morgan fingerprint density at radius 1 is 1.00 bits per heavy atom. The molecule has 3 aromatic rings. The number of para-hydroxylation sites is 1. The first-order valence-corrected chi connectivity index (χ1v) is 9.41. The largest absolute Gasteiger partial charge is 0.373 e. The Kier molecular flexibility index (Phi) is 4.88. The van der Waals surface area contributed by atoms with Crippen molar-refractivity contribution < 1.29 is 4.74 Å². The summed E-state index contributed by atoms with van der Waals surface area (Å²) in [5.74, 6) is 0. The van der Waals surface area contributed by atoms with Gasteiger partial charge in [-0.05, 0) is 30.5 Å². The zero-order valence-electron chi connectivity index (χ0n) is 13.7. The lowest BCUT2D eigenvalue weighted by molar-refractivity contribution is -0.00394. The Labute approximate surface area is 146 Å². The first-order chi connectivity index (χ1) is 11.9. The highest BCUT2D eigenvalue weighted by Gasteiger charge is 2.20. The number of nitrogens with zero attached hydrogens (tertiary/aromatic N) is 2. The van der Waals surface area contributed by atoms with Crippen molar-refractivity contribution in [1.29, 1.82) is 0 Å². The smallest absolute Gasteiger partial charge is 0.108 e. The molecule has 124 valence electrons. The second kappa shape index (κ2) is 7.43. The van der Waals surface area contributed by atoms with Gasteiger partial charge in [0.2, 0.25) is 0 Å². The van der Waals surface area contributed by atoms with Crippen molar-refractivity contribution >= 4 is 21.6 Å². The van der Waals surface area contributed by atoms with Crippen molar-refractivity contribution in [3.8, 4) is 0 Å². The molecule has 24 heavy (non-hydrogen) atoms. The average molecular weight is 338 g/mol. The fourth-order valence-corrected chi connectivity index (χ4v) is 4.21. The van der Waals surface area contributed by atoms with E-state index in [1.165, 1.54) is 15.3 Å². The van der Waals surface area contributed by atoms with E-state index in [0.717, 1.165) is 44.6 Å². The van der Waals surface area contributed by atoms with Crippen LogP contribution in [0.2, 0.25) is 0 Å². The fourth-order valence-electron chi connectivity index (χ4n) is 3.20. The Balaban J connectivity index is 1.27. The molecule has 0 saturated carbocycles. The van der Waals surface area contributed by atoms with Gasteiger partial charge in [-0.1, -0.05) is 42.5 Å². The molecule has 2 aromatic carbocycles. The molecule has 1 aliphatic rings. The van der Waals surface area contributed by atoms with Gasteiger partial charge in [0.05, 0.1) is 29.5 Å². The topological polar surface area (TPSA) is 25.4 Å². The van der Waals surface area contributed by atoms with Crippen LogP contribution in [0.15, 0.2) is 54.6 Å². The molecule has 0 aliphatic carbocycles. The average Bonchev–Trinajstić information content (AvgIpc) is 3.04. The second-order valence-electron chi connectivity index (χ2n) is 6.35. The van der Waals surface area contributed by atoms with Crippen LogP contribution in [0.1, 0.15) is 23.4 Å². The summed E-state index contributed by atoms with van der Waals surface area (Å²) in [6.07, 6.45) is 2.60. The summed E-state index contributed by atoms with van der Waals surface area (Å²) < 4.78 is 7.36. The van der Waals surface area contributed by atoms with Gasteiger partial charge >= 0.3 is 0 Å². The van der Waals surface area contributed by atoms with E-state index in [1.54, 1.807) is 0 Å². The molecule has 2 heterocycles. The maximum atomic E-state index is 6.08. The van der Waals surface area contributed by atoms with Crippen LogP contribution in [0.25, 0.3) is 10.2 Å². The molecule has 4 rings (SSSR count). The van der Waals surface area contributed by atoms with E-state index in [1.807, 2.05) is 17.4 Å². The van der Waals surface area contributed by atoms with Gasteiger partial charge < -0.3 is 4.74 Å². The van der Waals surface area contributed by atoms with Gasteiger partial charge in [-0.2, -0.15) is 0 Å². The first-order valence-electron chi connectivity index (χ1n) is 8.59. The molecule has 1 aliphatic heterocycles. The maximum absolute atomic E-state index is 6.08. The van der Waals surface area contributed by atoms with Crippen LogP contribution < -0.4 is 0 Å². The van der Waals surface area contributed by atoms with E-state index in [2.05, 4.69) is 53.4 Å². The summed E-state index contributed by atoms with van der Waals surface area (Å²) in [5.41, 5.74) is 2.38. The minimum atomic E-state index is 0.386. The molecule has 0 bridgehead atoms. The number of benzene rings is 2. The van der Waals surface area contributed by atoms with Crippen LogP contribution in [-0.2, 0) is 17.9 Å². The van der Waals surface area contributed by atoms with Crippen LogP contribution in [0.5, 0.6) is 0 Å². The third-order valence-electron chi connectivity index (χ3n) is 4.56. The number of hydrogen-bond donors (Lipinski definition) is 0. The lowest BCUT2D eigenvalue weighted by Crippen LogP contribution is -2.36. The van der Waals surface area contributed by atoms with Gasteiger partial charge in [-0.3, -0.25) is 4.90 Å². The minimum Gasteiger partial charge on any atom is -0.373 e. The predicted molar refractivity (Wildman–Crippen MR) is 99.2 cm³/mol. The summed E-state index contributed by atoms with van der Waals surface area (Å²) in [6, 6.07) is 18.8. The molecule has 0 radical (unpaired) electrons. The molecule has 1 fully saturated rings. The summed E-state index contributed by atoms with van der Waals surface area (Å²) in [5, 5.41) is 1.22. The zero-order valence-corrected chi connectivity index (χ0v) is 14.5. The van der Waals surface area contributed by atoms with Crippen molar-refractivity contribution in [2.45, 2.75) is 32.1 Å². The highest BCUT2D eigenvalue weighted by atomic mass is 32.1. The number of piperidine rings is 1. The van der Waals surface area contributed by atoms with Crippen LogP contribution in [0, 0.1) is 0 Å². The Hall–Kier alpha value is -1.75. The highest BCUT2D eigenvalue weighted by molar-refractivity contribution is 7.18. The summed E-state index contributed by atoms with van der Waals surface area (Å²) in [7, 11) is 0. The fraction of sp³-hybridized carbons (Fsp3) is 0.350. The van der Waals surface area contributed by atoms with Gasteiger partial charge in [0.15, 0.2) is 0 Å². The van der Waals surface area contributed by atoms with E-state index in [-0.39, 0.29) is 0 Å². The number of likely N-dealkylation sites (tertiary alicyclic amines) is 1. The molecule has 1 saturated heterocycles. The number of hydrogen-bond acceptors (Lipinski definition) is 4. The van der Waals surface area contributed by atoms with E-state index >= 15 is 0 Å². The standard InChI is InChI=1S/C20H22N2OS/c1-2-6-16(7-3-1)15-23-17-10-12-22(13-11-17)14-20-21-18-8-4-5-9-19(18)24-20/h1-9,17H,10-15H2. The number of rotatable bonds is 5. The second-order valence-corrected chi connectivity index (χ2v) is 7.46. The van der Waals surface area contributed by atoms with Crippen LogP contribution >= 0.6 is 11.3 Å². The van der Waals surface area contributed by atoms with E-state index in [9.17, 15) is 0 Å². The predicted octanol–water partition coefficient (Wildman–Crippen LogP) is 4.48. The molecule has 4 heteroatoms. The van der Waals surface area contributed by atoms with Gasteiger partial charge in [0, 0.05) is 13.1 Å². The SMILES string of the molecule is c1ccc(COC2CCN(Cc3nc4ccccc4s3)CC2)cc1. The molecule has 0 unspecified atom stereocenters. The third-order valence-corrected chi connectivity index (χ3v) is 5.58. The summed E-state index contributed by atoms with van der Waals surface area (Å²) >= 11 is 1.82. The van der Waals surface area contributed by atoms with Gasteiger partial charge in [0.25, 0.3) is 0 Å². The molecule has 0 N–H and O–H groups in total. The molecule has 0 atom stereocenters. The van der Waals surface area contributed by atoms with Gasteiger partial charge in [-0.15, -0.1) is 11.3 Å². The Morgan fingerprint density at radius 2 is 1.75 bits per heavy atom. The number of fused-ring (bicyclic) bond motifs is 1. The highest BCUT2D eigenvalue weighted by Crippen LogP contribution is 2.24. The first kappa shape index (κ1) is 15.8. The lowest BCUT2D eigenvalue weighted by Gasteiger charge is -2.31. The third kappa shape index (κ3) is 3.83. The molecule has 3 nitrogen and oxygen atoms in total. The minimum absolute atomic E-state index is 0.386.